The Morgan fingerprint density at radius 1 is 1.37 bits per heavy atom. The van der Waals surface area contributed by atoms with Crippen LogP contribution in [-0.4, -0.2) is 50.4 Å². The second-order valence-corrected chi connectivity index (χ2v) is 6.91. The van der Waals surface area contributed by atoms with Gasteiger partial charge in [0.25, 0.3) is 5.56 Å². The van der Waals surface area contributed by atoms with Crippen molar-refractivity contribution in [1.29, 1.82) is 0 Å². The third-order valence-corrected chi connectivity index (χ3v) is 4.78. The van der Waals surface area contributed by atoms with Gasteiger partial charge in [0.1, 0.15) is 6.10 Å². The Morgan fingerprint density at radius 3 is 2.67 bits per heavy atom. The van der Waals surface area contributed by atoms with Crippen molar-refractivity contribution in [3.05, 3.63) is 66.5 Å². The lowest BCUT2D eigenvalue weighted by Gasteiger charge is -2.28. The highest BCUT2D eigenvalue weighted by molar-refractivity contribution is 14.1. The van der Waals surface area contributed by atoms with Crippen LogP contribution in [0.15, 0.2) is 46.1 Å². The summed E-state index contributed by atoms with van der Waals surface area (Å²) in [5.41, 5.74) is -1.72. The standard InChI is InChI=1S/C16H14FIN2O7/c17-16(27-13(24)8-4-2-1-3-5-8)11(22)10(7-21)26-14(16)20-6-9(18)12(23)19-15(20)25/h1-6,10-11,14,21-22H,7H2,(H,19,23,25)/t10-,11-,14-,16-/m1/s1. The highest BCUT2D eigenvalue weighted by Crippen LogP contribution is 2.42. The molecule has 0 unspecified atom stereocenters. The largest absolute Gasteiger partial charge is 0.417 e. The number of carbonyl (C=O) groups is 1. The number of ether oxygens (including phenoxy) is 2. The van der Waals surface area contributed by atoms with E-state index in [1.807, 2.05) is 4.98 Å². The molecule has 3 rings (SSSR count). The average Bonchev–Trinajstić information content (AvgIpc) is 2.89. The van der Waals surface area contributed by atoms with Crippen molar-refractivity contribution in [3.63, 3.8) is 0 Å². The van der Waals surface area contributed by atoms with Crippen LogP contribution in [0, 0.1) is 3.57 Å². The second kappa shape index (κ2) is 7.50. The zero-order valence-corrected chi connectivity index (χ0v) is 15.7. The van der Waals surface area contributed by atoms with E-state index >= 15 is 4.39 Å². The number of carbonyl (C=O) groups excluding carboxylic acids is 1. The lowest BCUT2D eigenvalue weighted by molar-refractivity contribution is -0.198. The molecular weight excluding hydrogens is 478 g/mol. The molecule has 1 aliphatic rings. The second-order valence-electron chi connectivity index (χ2n) is 5.75. The number of H-pyrrole nitrogens is 1. The third-order valence-electron chi connectivity index (χ3n) is 4.01. The van der Waals surface area contributed by atoms with Gasteiger partial charge in [0.2, 0.25) is 6.23 Å². The van der Waals surface area contributed by atoms with E-state index in [0.29, 0.717) is 4.57 Å². The van der Waals surface area contributed by atoms with Gasteiger partial charge in [-0.3, -0.25) is 14.3 Å². The van der Waals surface area contributed by atoms with E-state index in [1.165, 1.54) is 24.3 Å². The first-order chi connectivity index (χ1) is 12.8. The Bertz CT molecular complexity index is 963. The van der Waals surface area contributed by atoms with E-state index in [-0.39, 0.29) is 9.13 Å². The summed E-state index contributed by atoms with van der Waals surface area (Å²) in [6.45, 7) is -0.790. The smallest absolute Gasteiger partial charge is 0.341 e. The van der Waals surface area contributed by atoms with Gasteiger partial charge in [0.05, 0.1) is 15.7 Å². The molecular formula is C16H14FIN2O7. The number of esters is 1. The van der Waals surface area contributed by atoms with Crippen molar-refractivity contribution >= 4 is 28.6 Å². The third kappa shape index (κ3) is 3.54. The zero-order chi connectivity index (χ0) is 19.8. The van der Waals surface area contributed by atoms with Gasteiger partial charge in [-0.2, -0.15) is 4.39 Å². The molecule has 0 radical (unpaired) electrons. The summed E-state index contributed by atoms with van der Waals surface area (Å²) in [4.78, 5) is 37.9. The van der Waals surface area contributed by atoms with Crippen molar-refractivity contribution in [2.75, 3.05) is 6.61 Å². The number of rotatable bonds is 4. The summed E-state index contributed by atoms with van der Waals surface area (Å²) in [7, 11) is 0. The molecule has 0 saturated carbocycles. The number of hydrogen-bond acceptors (Lipinski definition) is 7. The van der Waals surface area contributed by atoms with Crippen LogP contribution in [0.5, 0.6) is 0 Å². The summed E-state index contributed by atoms with van der Waals surface area (Å²) in [5.74, 6) is -4.29. The van der Waals surface area contributed by atoms with E-state index in [0.717, 1.165) is 6.20 Å². The number of alkyl halides is 1. The molecule has 2 aromatic rings. The molecule has 3 N–H and O–H groups in total. The van der Waals surface area contributed by atoms with Crippen molar-refractivity contribution in [1.82, 2.24) is 9.55 Å². The molecule has 1 saturated heterocycles. The fourth-order valence-electron chi connectivity index (χ4n) is 2.65. The van der Waals surface area contributed by atoms with Crippen LogP contribution >= 0.6 is 22.6 Å². The Kier molecular flexibility index (Phi) is 5.46. The molecule has 144 valence electrons. The van der Waals surface area contributed by atoms with Crippen LogP contribution in [0.25, 0.3) is 0 Å². The minimum Gasteiger partial charge on any atom is -0.417 e. The number of halogens is 2. The summed E-state index contributed by atoms with van der Waals surface area (Å²) >= 11 is 1.62. The van der Waals surface area contributed by atoms with Crippen molar-refractivity contribution in [2.45, 2.75) is 24.3 Å². The quantitative estimate of drug-likeness (QED) is 0.402. The number of aromatic nitrogens is 2. The van der Waals surface area contributed by atoms with Gasteiger partial charge in [-0.1, -0.05) is 18.2 Å². The maximum absolute atomic E-state index is 15.7. The Labute approximate surface area is 164 Å². The molecule has 11 heteroatoms. The van der Waals surface area contributed by atoms with Crippen LogP contribution in [0.3, 0.4) is 0 Å². The maximum Gasteiger partial charge on any atom is 0.341 e. The van der Waals surface area contributed by atoms with Gasteiger partial charge in [0, 0.05) is 6.20 Å². The minimum absolute atomic E-state index is 0.0105. The summed E-state index contributed by atoms with van der Waals surface area (Å²) in [6, 6.07) is 7.46. The summed E-state index contributed by atoms with van der Waals surface area (Å²) < 4.78 is 26.4. The molecule has 4 atom stereocenters. The maximum atomic E-state index is 15.7. The van der Waals surface area contributed by atoms with Gasteiger partial charge in [-0.25, -0.2) is 9.59 Å². The van der Waals surface area contributed by atoms with Crippen molar-refractivity contribution < 1.29 is 28.9 Å². The van der Waals surface area contributed by atoms with Gasteiger partial charge in [-0.05, 0) is 34.7 Å². The number of aromatic amines is 1. The molecule has 1 aromatic heterocycles. The predicted molar refractivity (Wildman–Crippen MR) is 96.7 cm³/mol. The van der Waals surface area contributed by atoms with E-state index in [2.05, 4.69) is 0 Å². The molecule has 0 bridgehead atoms. The highest BCUT2D eigenvalue weighted by Gasteiger charge is 2.61. The van der Waals surface area contributed by atoms with Crippen LogP contribution < -0.4 is 11.2 Å². The van der Waals surface area contributed by atoms with Crippen molar-refractivity contribution in [2.24, 2.45) is 0 Å². The lowest BCUT2D eigenvalue weighted by Crippen LogP contribution is -2.49. The van der Waals surface area contributed by atoms with Crippen LogP contribution in [0.4, 0.5) is 4.39 Å². The Balaban J connectivity index is 2.04. The van der Waals surface area contributed by atoms with Crippen molar-refractivity contribution in [3.8, 4) is 0 Å². The Morgan fingerprint density at radius 2 is 2.04 bits per heavy atom. The minimum atomic E-state index is -3.19. The SMILES string of the molecule is O=C(O[C@]1(F)[C@H](O)[C@@H](CO)O[C@H]1n1cc(I)c(=O)[nH]c1=O)c1ccccc1. The van der Waals surface area contributed by atoms with Gasteiger partial charge in [0.15, 0.2) is 6.10 Å². The molecule has 27 heavy (non-hydrogen) atoms. The van der Waals surface area contributed by atoms with Crippen LogP contribution in [-0.2, 0) is 9.47 Å². The summed E-state index contributed by atoms with van der Waals surface area (Å²) in [6.07, 6.45) is -4.45. The van der Waals surface area contributed by atoms with E-state index in [4.69, 9.17) is 9.47 Å². The lowest BCUT2D eigenvalue weighted by atomic mass is 10.1. The van der Waals surface area contributed by atoms with E-state index < -0.39 is 48.1 Å². The zero-order valence-electron chi connectivity index (χ0n) is 13.5. The normalized spacial score (nSPS) is 27.5. The molecule has 0 spiro atoms. The van der Waals surface area contributed by atoms with Crippen LogP contribution in [0.1, 0.15) is 16.6 Å². The number of aliphatic hydroxyl groups excluding tert-OH is 2. The molecule has 0 amide bonds. The van der Waals surface area contributed by atoms with Gasteiger partial charge in [-0.15, -0.1) is 0 Å². The first kappa shape index (κ1) is 19.7. The monoisotopic (exact) mass is 492 g/mol. The fourth-order valence-corrected chi connectivity index (χ4v) is 3.09. The van der Waals surface area contributed by atoms with Gasteiger partial charge >= 0.3 is 17.5 Å². The highest BCUT2D eigenvalue weighted by atomic mass is 127. The number of nitrogens with zero attached hydrogens (tertiary/aromatic N) is 1. The molecule has 9 nitrogen and oxygen atoms in total. The fraction of sp³-hybridized carbons (Fsp3) is 0.312. The average molecular weight is 492 g/mol. The molecule has 0 aliphatic carbocycles. The number of benzene rings is 1. The first-order valence-corrected chi connectivity index (χ1v) is 8.78. The number of nitrogens with one attached hydrogen (secondary N) is 1. The molecule has 1 aliphatic heterocycles. The Hall–Kier alpha value is -2.09. The molecule has 1 fully saturated rings. The topological polar surface area (TPSA) is 131 Å². The van der Waals surface area contributed by atoms with Gasteiger partial charge < -0.3 is 19.7 Å². The predicted octanol–water partition coefficient (Wildman–Crippen LogP) is -0.0854. The van der Waals surface area contributed by atoms with Crippen LogP contribution in [0.2, 0.25) is 0 Å². The number of hydrogen-bond donors (Lipinski definition) is 3. The van der Waals surface area contributed by atoms with E-state index in [1.54, 1.807) is 28.7 Å². The molecule has 2 heterocycles. The summed E-state index contributed by atoms with van der Waals surface area (Å²) in [5, 5.41) is 19.5. The number of aliphatic hydroxyl groups is 2. The molecule has 1 aromatic carbocycles. The first-order valence-electron chi connectivity index (χ1n) is 7.70. The van der Waals surface area contributed by atoms with E-state index in [9.17, 15) is 24.6 Å².